The standard InChI is InChI=1S/C14H17FN2O3S/c1-10-7-13(8-11(9-16)14(10)15)21(18,19)17-5-4-12-3-2-6-20-12/h2-3,6-8,17H,4-5,9,16H2,1H3. The molecule has 3 N–H and O–H groups in total. The van der Waals surface area contributed by atoms with Gasteiger partial charge >= 0.3 is 0 Å². The highest BCUT2D eigenvalue weighted by atomic mass is 32.2. The van der Waals surface area contributed by atoms with Gasteiger partial charge in [-0.1, -0.05) is 0 Å². The van der Waals surface area contributed by atoms with Crippen molar-refractivity contribution in [1.29, 1.82) is 0 Å². The average molecular weight is 312 g/mol. The predicted octanol–water partition coefficient (Wildman–Crippen LogP) is 1.71. The number of hydrogen-bond donors (Lipinski definition) is 2. The van der Waals surface area contributed by atoms with Crippen LogP contribution in [0.25, 0.3) is 0 Å². The van der Waals surface area contributed by atoms with Gasteiger partial charge in [0, 0.05) is 25.1 Å². The molecule has 114 valence electrons. The molecular weight excluding hydrogens is 295 g/mol. The van der Waals surface area contributed by atoms with Gasteiger partial charge < -0.3 is 10.2 Å². The normalized spacial score (nSPS) is 11.8. The van der Waals surface area contributed by atoms with Gasteiger partial charge in [-0.05, 0) is 36.8 Å². The summed E-state index contributed by atoms with van der Waals surface area (Å²) in [5, 5.41) is 0. The second-order valence-electron chi connectivity index (χ2n) is 4.64. The van der Waals surface area contributed by atoms with Crippen molar-refractivity contribution in [3.63, 3.8) is 0 Å². The molecular formula is C14H17FN2O3S. The molecule has 0 saturated carbocycles. The predicted molar refractivity (Wildman–Crippen MR) is 76.6 cm³/mol. The number of benzene rings is 1. The van der Waals surface area contributed by atoms with Crippen molar-refractivity contribution < 1.29 is 17.2 Å². The third kappa shape index (κ3) is 3.69. The van der Waals surface area contributed by atoms with Crippen molar-refractivity contribution in [3.8, 4) is 0 Å². The second-order valence-corrected chi connectivity index (χ2v) is 6.41. The molecule has 0 aliphatic heterocycles. The first-order chi connectivity index (χ1) is 9.94. The minimum absolute atomic E-state index is 0.0151. The fourth-order valence-electron chi connectivity index (χ4n) is 1.96. The molecule has 7 heteroatoms. The van der Waals surface area contributed by atoms with Crippen LogP contribution in [0.2, 0.25) is 0 Å². The van der Waals surface area contributed by atoms with Crippen LogP contribution in [-0.2, 0) is 23.0 Å². The molecule has 0 fully saturated rings. The van der Waals surface area contributed by atoms with E-state index in [2.05, 4.69) is 4.72 Å². The largest absolute Gasteiger partial charge is 0.469 e. The zero-order valence-electron chi connectivity index (χ0n) is 11.6. The van der Waals surface area contributed by atoms with Crippen LogP contribution < -0.4 is 10.5 Å². The van der Waals surface area contributed by atoms with Crippen LogP contribution in [-0.4, -0.2) is 15.0 Å². The summed E-state index contributed by atoms with van der Waals surface area (Å²) in [7, 11) is -3.70. The van der Waals surface area contributed by atoms with E-state index in [4.69, 9.17) is 10.2 Å². The Balaban J connectivity index is 2.13. The lowest BCUT2D eigenvalue weighted by molar-refractivity contribution is 0.506. The summed E-state index contributed by atoms with van der Waals surface area (Å²) in [6.07, 6.45) is 1.97. The van der Waals surface area contributed by atoms with Gasteiger partial charge in [-0.2, -0.15) is 0 Å². The van der Waals surface area contributed by atoms with Crippen molar-refractivity contribution in [2.75, 3.05) is 6.54 Å². The van der Waals surface area contributed by atoms with Crippen LogP contribution in [0.1, 0.15) is 16.9 Å². The van der Waals surface area contributed by atoms with Crippen LogP contribution in [0.15, 0.2) is 39.8 Å². The molecule has 1 aromatic heterocycles. The Morgan fingerprint density at radius 1 is 1.38 bits per heavy atom. The van der Waals surface area contributed by atoms with Gasteiger partial charge in [0.2, 0.25) is 10.0 Å². The molecule has 2 rings (SSSR count). The smallest absolute Gasteiger partial charge is 0.240 e. The Morgan fingerprint density at radius 3 is 2.76 bits per heavy atom. The highest BCUT2D eigenvalue weighted by Gasteiger charge is 2.17. The van der Waals surface area contributed by atoms with Gasteiger partial charge in [-0.3, -0.25) is 0 Å². The molecule has 1 heterocycles. The van der Waals surface area contributed by atoms with Crippen LogP contribution in [0, 0.1) is 12.7 Å². The van der Waals surface area contributed by atoms with E-state index >= 15 is 0 Å². The fraction of sp³-hybridized carbons (Fsp3) is 0.286. The summed E-state index contributed by atoms with van der Waals surface area (Å²) in [6, 6.07) is 6.06. The SMILES string of the molecule is Cc1cc(S(=O)(=O)NCCc2ccco2)cc(CN)c1F. The van der Waals surface area contributed by atoms with Crippen LogP contribution in [0.4, 0.5) is 4.39 Å². The number of aryl methyl sites for hydroxylation is 1. The molecule has 0 radical (unpaired) electrons. The van der Waals surface area contributed by atoms with Gasteiger partial charge in [0.05, 0.1) is 11.2 Å². The average Bonchev–Trinajstić information content (AvgIpc) is 2.94. The zero-order valence-corrected chi connectivity index (χ0v) is 12.4. The van der Waals surface area contributed by atoms with E-state index in [1.165, 1.54) is 25.3 Å². The maximum Gasteiger partial charge on any atom is 0.240 e. The van der Waals surface area contributed by atoms with E-state index in [1.54, 1.807) is 12.1 Å². The first-order valence-electron chi connectivity index (χ1n) is 6.45. The molecule has 0 atom stereocenters. The number of rotatable bonds is 6. The molecule has 0 amide bonds. The van der Waals surface area contributed by atoms with Crippen molar-refractivity contribution in [2.45, 2.75) is 24.8 Å². The molecule has 0 unspecified atom stereocenters. The summed E-state index contributed by atoms with van der Waals surface area (Å²) < 4.78 is 45.7. The van der Waals surface area contributed by atoms with Crippen molar-refractivity contribution in [1.82, 2.24) is 4.72 Å². The minimum Gasteiger partial charge on any atom is -0.469 e. The topological polar surface area (TPSA) is 85.3 Å². The lowest BCUT2D eigenvalue weighted by Gasteiger charge is -2.10. The Bertz CT molecular complexity index is 712. The highest BCUT2D eigenvalue weighted by Crippen LogP contribution is 2.19. The first-order valence-corrected chi connectivity index (χ1v) is 7.93. The van der Waals surface area contributed by atoms with Gasteiger partial charge in [0.15, 0.2) is 0 Å². The number of nitrogens with one attached hydrogen (secondary N) is 1. The van der Waals surface area contributed by atoms with Crippen LogP contribution in [0.3, 0.4) is 0 Å². The molecule has 0 saturated heterocycles. The number of sulfonamides is 1. The van der Waals surface area contributed by atoms with E-state index < -0.39 is 15.8 Å². The summed E-state index contributed by atoms with van der Waals surface area (Å²) in [5.74, 6) is 0.225. The molecule has 0 aliphatic rings. The van der Waals surface area contributed by atoms with E-state index in [-0.39, 0.29) is 29.1 Å². The van der Waals surface area contributed by atoms with Crippen LogP contribution in [0.5, 0.6) is 0 Å². The summed E-state index contributed by atoms with van der Waals surface area (Å²) in [5.41, 5.74) is 5.86. The Hall–Kier alpha value is -1.70. The summed E-state index contributed by atoms with van der Waals surface area (Å²) >= 11 is 0. The van der Waals surface area contributed by atoms with Gasteiger partial charge in [-0.15, -0.1) is 0 Å². The molecule has 0 aliphatic carbocycles. The second kappa shape index (κ2) is 6.38. The molecule has 21 heavy (non-hydrogen) atoms. The maximum absolute atomic E-state index is 13.7. The highest BCUT2D eigenvalue weighted by molar-refractivity contribution is 7.89. The van der Waals surface area contributed by atoms with Gasteiger partial charge in [-0.25, -0.2) is 17.5 Å². The van der Waals surface area contributed by atoms with E-state index in [0.717, 1.165) is 0 Å². The molecule has 0 spiro atoms. The zero-order chi connectivity index (χ0) is 15.5. The lowest BCUT2D eigenvalue weighted by atomic mass is 10.1. The Morgan fingerprint density at radius 2 is 2.14 bits per heavy atom. The molecule has 0 bridgehead atoms. The number of hydrogen-bond acceptors (Lipinski definition) is 4. The lowest BCUT2D eigenvalue weighted by Crippen LogP contribution is -2.26. The van der Waals surface area contributed by atoms with E-state index in [9.17, 15) is 12.8 Å². The first kappa shape index (κ1) is 15.7. The third-order valence-electron chi connectivity index (χ3n) is 3.08. The van der Waals surface area contributed by atoms with Crippen molar-refractivity contribution in [3.05, 3.63) is 53.2 Å². The number of furan rings is 1. The maximum atomic E-state index is 13.7. The summed E-state index contributed by atoms with van der Waals surface area (Å²) in [4.78, 5) is 0.0151. The number of nitrogens with two attached hydrogens (primary N) is 1. The molecule has 1 aromatic carbocycles. The fourth-order valence-corrected chi connectivity index (χ4v) is 3.12. The molecule has 5 nitrogen and oxygen atoms in total. The van der Waals surface area contributed by atoms with E-state index in [1.807, 2.05) is 0 Å². The number of halogens is 1. The third-order valence-corrected chi connectivity index (χ3v) is 4.52. The van der Waals surface area contributed by atoms with Gasteiger partial charge in [0.1, 0.15) is 11.6 Å². The quantitative estimate of drug-likeness (QED) is 0.850. The monoisotopic (exact) mass is 312 g/mol. The summed E-state index contributed by atoms with van der Waals surface area (Å²) in [6.45, 7) is 1.66. The van der Waals surface area contributed by atoms with Crippen molar-refractivity contribution >= 4 is 10.0 Å². The Labute approximate surface area is 123 Å². The van der Waals surface area contributed by atoms with Gasteiger partial charge in [0.25, 0.3) is 0 Å². The minimum atomic E-state index is -3.70. The Kier molecular flexibility index (Phi) is 4.76. The van der Waals surface area contributed by atoms with E-state index in [0.29, 0.717) is 12.2 Å². The molecule has 2 aromatic rings. The van der Waals surface area contributed by atoms with Crippen molar-refractivity contribution in [2.24, 2.45) is 5.73 Å². The van der Waals surface area contributed by atoms with Crippen LogP contribution >= 0.6 is 0 Å².